The normalized spacial score (nSPS) is 15.2. The molecule has 0 unspecified atom stereocenters. The molecular weight excluding hydrogens is 290 g/mol. The minimum absolute atomic E-state index is 0.193. The lowest BCUT2D eigenvalue weighted by atomic mass is 9.95. The molecule has 0 spiro atoms. The lowest BCUT2D eigenvalue weighted by Gasteiger charge is -2.17. The smallest absolute Gasteiger partial charge is 0.335 e. The first-order valence-electron chi connectivity index (χ1n) is 7.80. The zero-order valence-corrected chi connectivity index (χ0v) is 13.2. The van der Waals surface area contributed by atoms with E-state index in [1.165, 1.54) is 18.4 Å². The van der Waals surface area contributed by atoms with E-state index in [0.29, 0.717) is 12.1 Å². The zero-order chi connectivity index (χ0) is 16.3. The monoisotopic (exact) mass is 311 g/mol. The Balaban J connectivity index is 1.62. The van der Waals surface area contributed by atoms with E-state index < -0.39 is 5.97 Å². The van der Waals surface area contributed by atoms with Gasteiger partial charge in [-0.15, -0.1) is 0 Å². The molecule has 0 saturated heterocycles. The molecule has 0 atom stereocenters. The molecule has 1 aliphatic rings. The van der Waals surface area contributed by atoms with Crippen LogP contribution >= 0.6 is 0 Å². The van der Waals surface area contributed by atoms with Crippen molar-refractivity contribution in [2.24, 2.45) is 0 Å². The summed E-state index contributed by atoms with van der Waals surface area (Å²) in [5.74, 6) is 0.00447. The SMILES string of the molecule is COc1cccc(C2(CNCc3cccc(C(=O)O)c3)CC2)c1. The molecule has 2 N–H and O–H groups in total. The van der Waals surface area contributed by atoms with Crippen LogP contribution in [0.3, 0.4) is 0 Å². The summed E-state index contributed by atoms with van der Waals surface area (Å²) in [7, 11) is 1.69. The molecule has 3 rings (SSSR count). The second-order valence-electron chi connectivity index (χ2n) is 6.12. The first-order chi connectivity index (χ1) is 11.1. The van der Waals surface area contributed by atoms with Gasteiger partial charge in [-0.3, -0.25) is 0 Å². The van der Waals surface area contributed by atoms with Crippen LogP contribution in [0.4, 0.5) is 0 Å². The first kappa shape index (κ1) is 15.6. The maximum atomic E-state index is 11.0. The van der Waals surface area contributed by atoms with Gasteiger partial charge in [-0.1, -0.05) is 24.3 Å². The van der Waals surface area contributed by atoms with Gasteiger partial charge in [0.25, 0.3) is 0 Å². The molecule has 120 valence electrons. The first-order valence-corrected chi connectivity index (χ1v) is 7.80. The van der Waals surface area contributed by atoms with Gasteiger partial charge in [-0.25, -0.2) is 4.79 Å². The van der Waals surface area contributed by atoms with Crippen molar-refractivity contribution >= 4 is 5.97 Å². The zero-order valence-electron chi connectivity index (χ0n) is 13.2. The van der Waals surface area contributed by atoms with Gasteiger partial charge >= 0.3 is 5.97 Å². The van der Waals surface area contributed by atoms with E-state index >= 15 is 0 Å². The number of aromatic carboxylic acids is 1. The van der Waals surface area contributed by atoms with Gasteiger partial charge in [-0.05, 0) is 48.2 Å². The third-order valence-electron chi connectivity index (χ3n) is 4.50. The highest BCUT2D eigenvalue weighted by atomic mass is 16.5. The highest BCUT2D eigenvalue weighted by Crippen LogP contribution is 2.48. The van der Waals surface area contributed by atoms with Crippen LogP contribution in [0.2, 0.25) is 0 Å². The highest BCUT2D eigenvalue weighted by Gasteiger charge is 2.43. The highest BCUT2D eigenvalue weighted by molar-refractivity contribution is 5.87. The van der Waals surface area contributed by atoms with Crippen LogP contribution in [0.25, 0.3) is 0 Å². The number of nitrogens with one attached hydrogen (secondary N) is 1. The van der Waals surface area contributed by atoms with Gasteiger partial charge in [0.15, 0.2) is 0 Å². The van der Waals surface area contributed by atoms with Crippen molar-refractivity contribution in [3.8, 4) is 5.75 Å². The van der Waals surface area contributed by atoms with Crippen LogP contribution in [-0.2, 0) is 12.0 Å². The molecule has 1 fully saturated rings. The van der Waals surface area contributed by atoms with E-state index in [4.69, 9.17) is 9.84 Å². The molecule has 0 aliphatic heterocycles. The largest absolute Gasteiger partial charge is 0.497 e. The molecule has 23 heavy (non-hydrogen) atoms. The lowest BCUT2D eigenvalue weighted by molar-refractivity contribution is 0.0696. The van der Waals surface area contributed by atoms with Gasteiger partial charge in [0, 0.05) is 18.5 Å². The Labute approximate surface area is 136 Å². The van der Waals surface area contributed by atoms with Crippen molar-refractivity contribution in [2.75, 3.05) is 13.7 Å². The molecule has 0 heterocycles. The Bertz CT molecular complexity index is 707. The predicted octanol–water partition coefficient (Wildman–Crippen LogP) is 3.21. The van der Waals surface area contributed by atoms with Crippen molar-refractivity contribution in [2.45, 2.75) is 24.8 Å². The average Bonchev–Trinajstić information content (AvgIpc) is 3.36. The van der Waals surface area contributed by atoms with E-state index in [1.807, 2.05) is 18.2 Å². The molecule has 2 aromatic carbocycles. The Hall–Kier alpha value is -2.33. The van der Waals surface area contributed by atoms with Gasteiger partial charge < -0.3 is 15.2 Å². The second-order valence-corrected chi connectivity index (χ2v) is 6.12. The topological polar surface area (TPSA) is 58.6 Å². The van der Waals surface area contributed by atoms with E-state index in [1.54, 1.807) is 25.3 Å². The number of carboxylic acids is 1. The van der Waals surface area contributed by atoms with Crippen LogP contribution in [0, 0.1) is 0 Å². The molecule has 0 radical (unpaired) electrons. The van der Waals surface area contributed by atoms with Gasteiger partial charge in [0.1, 0.15) is 5.75 Å². The Kier molecular flexibility index (Phi) is 4.35. The van der Waals surface area contributed by atoms with E-state index in [0.717, 1.165) is 17.9 Å². The summed E-state index contributed by atoms with van der Waals surface area (Å²) in [6, 6.07) is 15.3. The summed E-state index contributed by atoms with van der Waals surface area (Å²) in [5, 5.41) is 12.5. The number of benzene rings is 2. The second kappa shape index (κ2) is 6.42. The van der Waals surface area contributed by atoms with Crippen LogP contribution in [-0.4, -0.2) is 24.7 Å². The predicted molar refractivity (Wildman–Crippen MR) is 89.0 cm³/mol. The fourth-order valence-electron chi connectivity index (χ4n) is 2.93. The number of methoxy groups -OCH3 is 1. The molecule has 1 saturated carbocycles. The Morgan fingerprint density at radius 2 is 2.00 bits per heavy atom. The molecular formula is C19H21NO3. The summed E-state index contributed by atoms with van der Waals surface area (Å²) in [6.45, 7) is 1.56. The number of ether oxygens (including phenoxy) is 1. The Morgan fingerprint density at radius 3 is 2.70 bits per heavy atom. The molecule has 4 nitrogen and oxygen atoms in total. The fourth-order valence-corrected chi connectivity index (χ4v) is 2.93. The van der Waals surface area contributed by atoms with Crippen LogP contribution in [0.15, 0.2) is 48.5 Å². The number of hydrogen-bond donors (Lipinski definition) is 2. The van der Waals surface area contributed by atoms with Crippen LogP contribution < -0.4 is 10.1 Å². The maximum absolute atomic E-state index is 11.0. The molecule has 0 bridgehead atoms. The van der Waals surface area contributed by atoms with Crippen molar-refractivity contribution in [3.05, 3.63) is 65.2 Å². The third-order valence-corrected chi connectivity index (χ3v) is 4.50. The standard InChI is InChI=1S/C19H21NO3/c1-23-17-7-3-6-16(11-17)19(8-9-19)13-20-12-14-4-2-5-15(10-14)18(21)22/h2-7,10-11,20H,8-9,12-13H2,1H3,(H,21,22). The van der Waals surface area contributed by atoms with E-state index in [9.17, 15) is 4.79 Å². The van der Waals surface area contributed by atoms with E-state index in [2.05, 4.69) is 17.4 Å². The van der Waals surface area contributed by atoms with Crippen LogP contribution in [0.1, 0.15) is 34.3 Å². The summed E-state index contributed by atoms with van der Waals surface area (Å²) < 4.78 is 5.31. The molecule has 1 aliphatic carbocycles. The maximum Gasteiger partial charge on any atom is 0.335 e. The fraction of sp³-hybridized carbons (Fsp3) is 0.316. The van der Waals surface area contributed by atoms with Gasteiger partial charge in [0.05, 0.1) is 12.7 Å². The average molecular weight is 311 g/mol. The summed E-state index contributed by atoms with van der Waals surface area (Å²) in [6.07, 6.45) is 2.34. The summed E-state index contributed by atoms with van der Waals surface area (Å²) in [5.41, 5.74) is 2.83. The Morgan fingerprint density at radius 1 is 1.22 bits per heavy atom. The van der Waals surface area contributed by atoms with Crippen molar-refractivity contribution in [3.63, 3.8) is 0 Å². The number of carboxylic acid groups (broad SMARTS) is 1. The molecule has 4 heteroatoms. The van der Waals surface area contributed by atoms with Crippen molar-refractivity contribution in [1.29, 1.82) is 0 Å². The van der Waals surface area contributed by atoms with Crippen molar-refractivity contribution in [1.82, 2.24) is 5.32 Å². The molecule has 0 amide bonds. The summed E-state index contributed by atoms with van der Waals surface area (Å²) in [4.78, 5) is 11.0. The van der Waals surface area contributed by atoms with Crippen LogP contribution in [0.5, 0.6) is 5.75 Å². The lowest BCUT2D eigenvalue weighted by Crippen LogP contribution is -2.26. The molecule has 0 aromatic heterocycles. The quantitative estimate of drug-likeness (QED) is 0.824. The minimum atomic E-state index is -0.887. The number of rotatable bonds is 7. The van der Waals surface area contributed by atoms with Crippen molar-refractivity contribution < 1.29 is 14.6 Å². The van der Waals surface area contributed by atoms with Gasteiger partial charge in [-0.2, -0.15) is 0 Å². The summed E-state index contributed by atoms with van der Waals surface area (Å²) >= 11 is 0. The van der Waals surface area contributed by atoms with E-state index in [-0.39, 0.29) is 5.41 Å². The van der Waals surface area contributed by atoms with Gasteiger partial charge in [0.2, 0.25) is 0 Å². The number of hydrogen-bond acceptors (Lipinski definition) is 3. The minimum Gasteiger partial charge on any atom is -0.497 e. The molecule has 2 aromatic rings. The third kappa shape index (κ3) is 3.54. The number of carbonyl (C=O) groups is 1.